The molecule has 0 aliphatic carbocycles. The van der Waals surface area contributed by atoms with E-state index in [2.05, 4.69) is 48.3 Å². The normalized spacial score (nSPS) is 11.4. The molecule has 0 aromatic carbocycles. The quantitative estimate of drug-likeness (QED) is 0.200. The van der Waals surface area contributed by atoms with Gasteiger partial charge in [0.25, 0.3) is 0 Å². The summed E-state index contributed by atoms with van der Waals surface area (Å²) in [4.78, 5) is 20.8. The van der Waals surface area contributed by atoms with Gasteiger partial charge in [-0.25, -0.2) is 0 Å². The molecule has 0 unspecified atom stereocenters. The number of carbonyl (C=O) groups is 1. The summed E-state index contributed by atoms with van der Waals surface area (Å²) >= 11 is 0. The van der Waals surface area contributed by atoms with Crippen LogP contribution in [0.2, 0.25) is 0 Å². The maximum Gasteiger partial charge on any atom is 0.224 e. The molecule has 0 rings (SSSR count). The molecule has 0 aromatic rings. The van der Waals surface area contributed by atoms with E-state index >= 15 is 0 Å². The number of nitrogens with zero attached hydrogens (tertiary/aromatic N) is 3. The van der Waals surface area contributed by atoms with Crippen LogP contribution in [0.4, 0.5) is 0 Å². The summed E-state index contributed by atoms with van der Waals surface area (Å²) in [5, 5.41) is 6.49. The van der Waals surface area contributed by atoms with E-state index in [1.165, 1.54) is 0 Å². The van der Waals surface area contributed by atoms with E-state index in [1.54, 1.807) is 0 Å². The molecule has 1 amide bonds. The van der Waals surface area contributed by atoms with Gasteiger partial charge in [0.15, 0.2) is 5.96 Å². The van der Waals surface area contributed by atoms with Crippen molar-refractivity contribution >= 4 is 35.8 Å². The zero-order chi connectivity index (χ0) is 18.4. The van der Waals surface area contributed by atoms with Gasteiger partial charge in [0.2, 0.25) is 5.91 Å². The van der Waals surface area contributed by atoms with Gasteiger partial charge < -0.3 is 20.4 Å². The fourth-order valence-corrected chi connectivity index (χ4v) is 2.29. The lowest BCUT2D eigenvalue weighted by Gasteiger charge is -2.20. The second-order valence-corrected chi connectivity index (χ2v) is 6.28. The summed E-state index contributed by atoms with van der Waals surface area (Å²) in [6.07, 6.45) is 2.73. The molecule has 0 saturated carbocycles. The summed E-state index contributed by atoms with van der Waals surface area (Å²) in [6, 6.07) is 0.593. The van der Waals surface area contributed by atoms with Crippen LogP contribution in [0.15, 0.2) is 4.99 Å². The Morgan fingerprint density at radius 1 is 1.08 bits per heavy atom. The summed E-state index contributed by atoms with van der Waals surface area (Å²) in [5.74, 6) is 1.00. The molecular weight excluding hydrogens is 429 g/mol. The average Bonchev–Trinajstić information content (AvgIpc) is 2.55. The first-order valence-electron chi connectivity index (χ1n) is 9.46. The molecule has 0 heterocycles. The van der Waals surface area contributed by atoms with E-state index in [1.807, 2.05) is 18.7 Å². The van der Waals surface area contributed by atoms with Gasteiger partial charge in [-0.3, -0.25) is 9.79 Å². The standard InChI is InChI=1S/C18H39N5O.HI/c1-7-19-18(20-13-10-11-15-22(6)16(4)5)21-14-12-17(24)23(8-2)9-3;/h16H,7-15H2,1-6H3,(H2,19,20,21);1H. The van der Waals surface area contributed by atoms with Crippen LogP contribution >= 0.6 is 24.0 Å². The highest BCUT2D eigenvalue weighted by atomic mass is 127. The smallest absolute Gasteiger partial charge is 0.224 e. The van der Waals surface area contributed by atoms with Gasteiger partial charge in [-0.05, 0) is 61.1 Å². The number of nitrogens with one attached hydrogen (secondary N) is 2. The Morgan fingerprint density at radius 2 is 1.72 bits per heavy atom. The third kappa shape index (κ3) is 13.3. The number of hydrogen-bond acceptors (Lipinski definition) is 3. The maximum atomic E-state index is 12.0. The Balaban J connectivity index is 0. The first-order chi connectivity index (χ1) is 11.5. The second-order valence-electron chi connectivity index (χ2n) is 6.28. The second kappa shape index (κ2) is 16.9. The van der Waals surface area contributed by atoms with Crippen molar-refractivity contribution < 1.29 is 4.79 Å². The molecule has 0 aliphatic heterocycles. The van der Waals surface area contributed by atoms with Gasteiger partial charge >= 0.3 is 0 Å². The first kappa shape index (κ1) is 26.7. The number of guanidine groups is 1. The molecule has 6 nitrogen and oxygen atoms in total. The molecule has 2 N–H and O–H groups in total. The molecular formula is C18H40IN5O. The highest BCUT2D eigenvalue weighted by molar-refractivity contribution is 14.0. The van der Waals surface area contributed by atoms with Crippen LogP contribution in [-0.4, -0.2) is 74.0 Å². The van der Waals surface area contributed by atoms with E-state index in [0.29, 0.717) is 19.0 Å². The van der Waals surface area contributed by atoms with Crippen LogP contribution in [0.25, 0.3) is 0 Å². The molecule has 7 heteroatoms. The lowest BCUT2D eigenvalue weighted by atomic mass is 10.2. The summed E-state index contributed by atoms with van der Waals surface area (Å²) < 4.78 is 0. The van der Waals surface area contributed by atoms with Crippen molar-refractivity contribution in [3.8, 4) is 0 Å². The number of unbranched alkanes of at least 4 members (excludes halogenated alkanes) is 1. The molecule has 0 saturated heterocycles. The van der Waals surface area contributed by atoms with Crippen LogP contribution in [0, 0.1) is 0 Å². The van der Waals surface area contributed by atoms with Gasteiger partial charge in [-0.15, -0.1) is 24.0 Å². The van der Waals surface area contributed by atoms with Gasteiger partial charge in [-0.2, -0.15) is 0 Å². The first-order valence-corrected chi connectivity index (χ1v) is 9.46. The Labute approximate surface area is 172 Å². The molecule has 150 valence electrons. The van der Waals surface area contributed by atoms with Crippen molar-refractivity contribution in [2.75, 3.05) is 46.3 Å². The fourth-order valence-electron chi connectivity index (χ4n) is 2.29. The zero-order valence-electron chi connectivity index (χ0n) is 17.1. The molecule has 0 atom stereocenters. The van der Waals surface area contributed by atoms with Crippen LogP contribution in [-0.2, 0) is 4.79 Å². The van der Waals surface area contributed by atoms with Gasteiger partial charge in [0, 0.05) is 45.2 Å². The number of carbonyl (C=O) groups excluding carboxylic acids is 1. The SMILES string of the molecule is CCNC(=NCCCCN(C)C(C)C)NCCC(=O)N(CC)CC.I. The average molecular weight is 469 g/mol. The third-order valence-electron chi connectivity index (χ3n) is 4.16. The van der Waals surface area contributed by atoms with Crippen molar-refractivity contribution in [1.82, 2.24) is 20.4 Å². The Morgan fingerprint density at radius 3 is 2.24 bits per heavy atom. The summed E-state index contributed by atoms with van der Waals surface area (Å²) in [5.41, 5.74) is 0. The van der Waals surface area contributed by atoms with Gasteiger partial charge in [-0.1, -0.05) is 0 Å². The minimum absolute atomic E-state index is 0. The molecule has 25 heavy (non-hydrogen) atoms. The molecule has 0 aliphatic rings. The Kier molecular flexibility index (Phi) is 18.0. The molecule has 0 spiro atoms. The van der Waals surface area contributed by atoms with Gasteiger partial charge in [0.1, 0.15) is 0 Å². The zero-order valence-corrected chi connectivity index (χ0v) is 19.4. The minimum atomic E-state index is 0. The Hall–Kier alpha value is -0.570. The number of hydrogen-bond donors (Lipinski definition) is 2. The van der Waals surface area contributed by atoms with E-state index in [-0.39, 0.29) is 29.9 Å². The van der Waals surface area contributed by atoms with Crippen molar-refractivity contribution in [2.45, 2.75) is 59.9 Å². The number of aliphatic imine (C=N–C) groups is 1. The molecule has 0 radical (unpaired) electrons. The van der Waals surface area contributed by atoms with Crippen LogP contribution in [0.3, 0.4) is 0 Å². The Bertz CT molecular complexity index is 359. The monoisotopic (exact) mass is 469 g/mol. The number of halogens is 1. The van der Waals surface area contributed by atoms with Crippen LogP contribution in [0.5, 0.6) is 0 Å². The van der Waals surface area contributed by atoms with Crippen molar-refractivity contribution in [3.63, 3.8) is 0 Å². The summed E-state index contributed by atoms with van der Waals surface area (Å²) in [6.45, 7) is 15.4. The molecule has 0 fully saturated rings. The number of amides is 1. The number of rotatable bonds is 12. The maximum absolute atomic E-state index is 12.0. The highest BCUT2D eigenvalue weighted by Gasteiger charge is 2.09. The van der Waals surface area contributed by atoms with E-state index in [9.17, 15) is 4.79 Å². The fraction of sp³-hybridized carbons (Fsp3) is 0.889. The summed E-state index contributed by atoms with van der Waals surface area (Å²) in [7, 11) is 2.16. The topological polar surface area (TPSA) is 60.0 Å². The van der Waals surface area contributed by atoms with E-state index in [4.69, 9.17) is 0 Å². The van der Waals surface area contributed by atoms with Crippen molar-refractivity contribution in [3.05, 3.63) is 0 Å². The lowest BCUT2D eigenvalue weighted by Crippen LogP contribution is -2.40. The molecule has 0 aromatic heterocycles. The minimum Gasteiger partial charge on any atom is -0.357 e. The predicted molar refractivity (Wildman–Crippen MR) is 119 cm³/mol. The van der Waals surface area contributed by atoms with Crippen LogP contribution in [0.1, 0.15) is 53.9 Å². The largest absolute Gasteiger partial charge is 0.357 e. The van der Waals surface area contributed by atoms with Gasteiger partial charge in [0.05, 0.1) is 0 Å². The molecule has 0 bridgehead atoms. The third-order valence-corrected chi connectivity index (χ3v) is 4.16. The van der Waals surface area contributed by atoms with Crippen molar-refractivity contribution in [1.29, 1.82) is 0 Å². The van der Waals surface area contributed by atoms with Crippen LogP contribution < -0.4 is 10.6 Å². The van der Waals surface area contributed by atoms with E-state index < -0.39 is 0 Å². The van der Waals surface area contributed by atoms with E-state index in [0.717, 1.165) is 51.5 Å². The highest BCUT2D eigenvalue weighted by Crippen LogP contribution is 1.98. The van der Waals surface area contributed by atoms with Crippen molar-refractivity contribution in [2.24, 2.45) is 4.99 Å². The lowest BCUT2D eigenvalue weighted by molar-refractivity contribution is -0.130. The predicted octanol–water partition coefficient (Wildman–Crippen LogP) is 2.54.